The highest BCUT2D eigenvalue weighted by molar-refractivity contribution is 5.88. The van der Waals surface area contributed by atoms with Crippen molar-refractivity contribution in [2.75, 3.05) is 0 Å². The molecule has 2 heterocycles. The molecule has 0 spiro atoms. The van der Waals surface area contributed by atoms with E-state index in [-0.39, 0.29) is 5.69 Å². The van der Waals surface area contributed by atoms with Gasteiger partial charge in [-0.15, -0.1) is 0 Å². The van der Waals surface area contributed by atoms with Crippen LogP contribution < -0.4 is 0 Å². The van der Waals surface area contributed by atoms with Gasteiger partial charge >= 0.3 is 5.97 Å². The van der Waals surface area contributed by atoms with Gasteiger partial charge in [0.25, 0.3) is 0 Å². The molecule has 0 saturated carbocycles. The van der Waals surface area contributed by atoms with Gasteiger partial charge in [-0.1, -0.05) is 6.92 Å². The molecule has 78 valence electrons. The van der Waals surface area contributed by atoms with Crippen LogP contribution in [0.1, 0.15) is 29.7 Å². The number of carbonyl (C=O) groups is 1. The Morgan fingerprint density at radius 1 is 1.47 bits per heavy atom. The van der Waals surface area contributed by atoms with Gasteiger partial charge in [-0.3, -0.25) is 0 Å². The van der Waals surface area contributed by atoms with E-state index in [2.05, 4.69) is 21.9 Å². The number of aromatic amines is 1. The predicted octanol–water partition coefficient (Wildman–Crippen LogP) is 1.61. The van der Waals surface area contributed by atoms with Gasteiger partial charge in [0.05, 0.1) is 5.52 Å². The summed E-state index contributed by atoms with van der Waals surface area (Å²) in [5, 5.41) is 8.75. The summed E-state index contributed by atoms with van der Waals surface area (Å²) in [7, 11) is 0. The summed E-state index contributed by atoms with van der Waals surface area (Å²) in [6, 6.07) is 3.16. The van der Waals surface area contributed by atoms with Crippen LogP contribution in [0.3, 0.4) is 0 Å². The van der Waals surface area contributed by atoms with Crippen LogP contribution in [-0.4, -0.2) is 26.0 Å². The fourth-order valence-corrected chi connectivity index (χ4v) is 1.42. The van der Waals surface area contributed by atoms with Crippen molar-refractivity contribution in [3.63, 3.8) is 0 Å². The molecule has 0 aliphatic heterocycles. The number of pyridine rings is 1. The molecule has 2 aromatic heterocycles. The van der Waals surface area contributed by atoms with Gasteiger partial charge in [0.15, 0.2) is 11.3 Å². The molecule has 0 fully saturated rings. The van der Waals surface area contributed by atoms with Crippen LogP contribution in [0.25, 0.3) is 11.2 Å². The van der Waals surface area contributed by atoms with E-state index in [1.165, 1.54) is 6.07 Å². The lowest BCUT2D eigenvalue weighted by atomic mass is 10.3. The summed E-state index contributed by atoms with van der Waals surface area (Å²) in [6.45, 7) is 2.06. The Kier molecular flexibility index (Phi) is 2.37. The number of aromatic carboxylic acids is 1. The minimum Gasteiger partial charge on any atom is -0.477 e. The van der Waals surface area contributed by atoms with Gasteiger partial charge < -0.3 is 10.1 Å². The average molecular weight is 205 g/mol. The predicted molar refractivity (Wildman–Crippen MR) is 54.8 cm³/mol. The lowest BCUT2D eigenvalue weighted by Gasteiger charge is -1.91. The van der Waals surface area contributed by atoms with Gasteiger partial charge in [-0.05, 0) is 18.6 Å². The minimum atomic E-state index is -1.03. The van der Waals surface area contributed by atoms with Crippen LogP contribution in [0.15, 0.2) is 12.1 Å². The molecule has 2 aromatic rings. The zero-order valence-corrected chi connectivity index (χ0v) is 8.32. The quantitative estimate of drug-likeness (QED) is 0.797. The van der Waals surface area contributed by atoms with E-state index in [1.807, 2.05) is 0 Å². The van der Waals surface area contributed by atoms with Crippen LogP contribution in [0, 0.1) is 0 Å². The maximum Gasteiger partial charge on any atom is 0.354 e. The number of nitrogens with zero attached hydrogens (tertiary/aromatic N) is 2. The third-order valence-electron chi connectivity index (χ3n) is 2.10. The van der Waals surface area contributed by atoms with Crippen LogP contribution in [0.4, 0.5) is 0 Å². The van der Waals surface area contributed by atoms with E-state index >= 15 is 0 Å². The van der Waals surface area contributed by atoms with Crippen molar-refractivity contribution < 1.29 is 9.90 Å². The van der Waals surface area contributed by atoms with Crippen LogP contribution in [-0.2, 0) is 6.42 Å². The first-order valence-corrected chi connectivity index (χ1v) is 4.79. The number of hydrogen-bond donors (Lipinski definition) is 2. The van der Waals surface area contributed by atoms with Crippen molar-refractivity contribution in [3.05, 3.63) is 23.7 Å². The number of imidazole rings is 1. The van der Waals surface area contributed by atoms with Gasteiger partial charge in [0.2, 0.25) is 0 Å². The summed E-state index contributed by atoms with van der Waals surface area (Å²) in [5.41, 5.74) is 1.28. The lowest BCUT2D eigenvalue weighted by molar-refractivity contribution is 0.0691. The van der Waals surface area contributed by atoms with Crippen LogP contribution in [0.2, 0.25) is 0 Å². The van der Waals surface area contributed by atoms with Crippen LogP contribution >= 0.6 is 0 Å². The standard InChI is InChI=1S/C10H11N3O2/c1-2-3-8-11-6-4-5-7(10(14)15)12-9(6)13-8/h4-5H,2-3H2,1H3,(H,14,15)(H,11,12,13). The number of hydrogen-bond acceptors (Lipinski definition) is 3. The maximum atomic E-state index is 10.7. The number of rotatable bonds is 3. The molecule has 0 radical (unpaired) electrons. The second kappa shape index (κ2) is 3.68. The summed E-state index contributed by atoms with van der Waals surface area (Å²) in [6.07, 6.45) is 1.84. The normalized spacial score (nSPS) is 10.7. The third-order valence-corrected chi connectivity index (χ3v) is 2.10. The SMILES string of the molecule is CCCc1nc2nc(C(=O)O)ccc2[nH]1. The largest absolute Gasteiger partial charge is 0.477 e. The molecule has 0 aliphatic rings. The Balaban J connectivity index is 2.47. The highest BCUT2D eigenvalue weighted by atomic mass is 16.4. The number of H-pyrrole nitrogens is 1. The van der Waals surface area contributed by atoms with Crippen LogP contribution in [0.5, 0.6) is 0 Å². The van der Waals surface area contributed by atoms with E-state index < -0.39 is 5.97 Å². The van der Waals surface area contributed by atoms with E-state index in [1.54, 1.807) is 6.07 Å². The average Bonchev–Trinajstić information content (AvgIpc) is 2.59. The summed E-state index contributed by atoms with van der Waals surface area (Å²) in [4.78, 5) is 21.9. The smallest absolute Gasteiger partial charge is 0.354 e. The number of carboxylic acids is 1. The number of carboxylic acid groups (broad SMARTS) is 1. The van der Waals surface area contributed by atoms with E-state index in [9.17, 15) is 4.79 Å². The second-order valence-electron chi connectivity index (χ2n) is 3.31. The zero-order chi connectivity index (χ0) is 10.8. The number of nitrogens with one attached hydrogen (secondary N) is 1. The summed E-state index contributed by atoms with van der Waals surface area (Å²) < 4.78 is 0. The first-order valence-electron chi connectivity index (χ1n) is 4.79. The first kappa shape index (κ1) is 9.64. The molecule has 0 saturated heterocycles. The first-order chi connectivity index (χ1) is 7.20. The molecule has 5 heteroatoms. The lowest BCUT2D eigenvalue weighted by Crippen LogP contribution is -1.99. The Hall–Kier alpha value is -1.91. The fraction of sp³-hybridized carbons (Fsp3) is 0.300. The molecule has 0 bridgehead atoms. The molecule has 0 atom stereocenters. The Morgan fingerprint density at radius 2 is 2.27 bits per heavy atom. The van der Waals surface area contributed by atoms with Gasteiger partial charge in [-0.25, -0.2) is 14.8 Å². The molecule has 0 amide bonds. The van der Waals surface area contributed by atoms with Crippen molar-refractivity contribution in [1.29, 1.82) is 0 Å². The molecule has 5 nitrogen and oxygen atoms in total. The van der Waals surface area contributed by atoms with Crippen molar-refractivity contribution >= 4 is 17.1 Å². The zero-order valence-electron chi connectivity index (χ0n) is 8.32. The van der Waals surface area contributed by atoms with Gasteiger partial charge in [0, 0.05) is 6.42 Å². The number of aromatic nitrogens is 3. The van der Waals surface area contributed by atoms with Crippen molar-refractivity contribution in [3.8, 4) is 0 Å². The molecule has 0 aromatic carbocycles. The minimum absolute atomic E-state index is 0.0250. The van der Waals surface area contributed by atoms with Gasteiger partial charge in [-0.2, -0.15) is 0 Å². The monoisotopic (exact) mass is 205 g/mol. The highest BCUT2D eigenvalue weighted by Gasteiger charge is 2.08. The molecule has 15 heavy (non-hydrogen) atoms. The molecule has 2 rings (SSSR count). The summed E-state index contributed by atoms with van der Waals surface area (Å²) >= 11 is 0. The van der Waals surface area contributed by atoms with E-state index in [0.717, 1.165) is 24.2 Å². The van der Waals surface area contributed by atoms with E-state index in [4.69, 9.17) is 5.11 Å². The van der Waals surface area contributed by atoms with Crippen molar-refractivity contribution in [2.45, 2.75) is 19.8 Å². The molecular formula is C10H11N3O2. The van der Waals surface area contributed by atoms with Crippen molar-refractivity contribution in [1.82, 2.24) is 15.0 Å². The Morgan fingerprint density at radius 3 is 2.93 bits per heavy atom. The third kappa shape index (κ3) is 1.81. The highest BCUT2D eigenvalue weighted by Crippen LogP contribution is 2.10. The molecular weight excluding hydrogens is 194 g/mol. The Bertz CT molecular complexity index is 504. The Labute approximate surface area is 86.2 Å². The second-order valence-corrected chi connectivity index (χ2v) is 3.31. The topological polar surface area (TPSA) is 78.9 Å². The van der Waals surface area contributed by atoms with Gasteiger partial charge in [0.1, 0.15) is 5.82 Å². The maximum absolute atomic E-state index is 10.7. The number of aryl methyl sites for hydroxylation is 1. The number of fused-ring (bicyclic) bond motifs is 1. The summed E-state index contributed by atoms with van der Waals surface area (Å²) in [5.74, 6) is -0.181. The van der Waals surface area contributed by atoms with E-state index in [0.29, 0.717) is 5.65 Å². The fourth-order valence-electron chi connectivity index (χ4n) is 1.42. The molecule has 0 aliphatic carbocycles. The van der Waals surface area contributed by atoms with Crippen molar-refractivity contribution in [2.24, 2.45) is 0 Å². The molecule has 0 unspecified atom stereocenters. The molecule has 2 N–H and O–H groups in total.